The van der Waals surface area contributed by atoms with E-state index < -0.39 is 10.0 Å². The fourth-order valence-electron chi connectivity index (χ4n) is 1.66. The van der Waals surface area contributed by atoms with Crippen LogP contribution in [0.3, 0.4) is 0 Å². The summed E-state index contributed by atoms with van der Waals surface area (Å²) in [6.07, 6.45) is 1.01. The van der Waals surface area contributed by atoms with E-state index in [0.717, 1.165) is 16.5 Å². The van der Waals surface area contributed by atoms with Gasteiger partial charge in [-0.2, -0.15) is 0 Å². The van der Waals surface area contributed by atoms with Gasteiger partial charge in [-0.15, -0.1) is 10.2 Å². The van der Waals surface area contributed by atoms with Gasteiger partial charge >= 0.3 is 0 Å². The molecule has 0 unspecified atom stereocenters. The van der Waals surface area contributed by atoms with Gasteiger partial charge in [0, 0.05) is 11.8 Å². The predicted octanol–water partition coefficient (Wildman–Crippen LogP) is 2.86. The zero-order chi connectivity index (χ0) is 16.9. The minimum Gasteiger partial charge on any atom is -0.497 e. The molecule has 0 radical (unpaired) electrons. The number of thioether (sulfide) groups is 1. The largest absolute Gasteiger partial charge is 0.497 e. The smallest absolute Gasteiger partial charge is 0.267 e. The summed E-state index contributed by atoms with van der Waals surface area (Å²) < 4.78 is 38.5. The molecule has 2 aromatic rings. The van der Waals surface area contributed by atoms with Crippen LogP contribution in [0.4, 0.5) is 5.13 Å². The third-order valence-electron chi connectivity index (χ3n) is 2.72. The maximum atomic E-state index is 12.6. The Bertz CT molecular complexity index is 762. The van der Waals surface area contributed by atoms with Crippen LogP contribution in [0, 0.1) is 0 Å². The Morgan fingerprint density at radius 1 is 1.26 bits per heavy atom. The van der Waals surface area contributed by atoms with Gasteiger partial charge in [-0.1, -0.05) is 30.0 Å². The topological polar surface area (TPSA) is 90.4 Å². The van der Waals surface area contributed by atoms with E-state index in [4.69, 9.17) is 9.47 Å². The van der Waals surface area contributed by atoms with Crippen molar-refractivity contribution in [3.8, 4) is 11.5 Å². The molecule has 0 saturated heterocycles. The number of nitrogens with one attached hydrogen (secondary N) is 1. The maximum absolute atomic E-state index is 12.6. The van der Waals surface area contributed by atoms with E-state index in [1.54, 1.807) is 17.8 Å². The number of methoxy groups -OCH3 is 2. The molecule has 7 nitrogen and oxygen atoms in total. The molecule has 1 heterocycles. The molecule has 0 amide bonds. The van der Waals surface area contributed by atoms with Crippen molar-refractivity contribution in [2.75, 3.05) is 24.7 Å². The van der Waals surface area contributed by atoms with Crippen LogP contribution < -0.4 is 14.2 Å². The number of hydrogen-bond donors (Lipinski definition) is 1. The quantitative estimate of drug-likeness (QED) is 0.709. The molecule has 0 fully saturated rings. The van der Waals surface area contributed by atoms with Crippen LogP contribution in [0.1, 0.15) is 13.3 Å². The molecule has 1 aromatic carbocycles. The molecule has 126 valence electrons. The van der Waals surface area contributed by atoms with Crippen molar-refractivity contribution in [1.29, 1.82) is 0 Å². The van der Waals surface area contributed by atoms with Crippen LogP contribution in [0.15, 0.2) is 27.4 Å². The maximum Gasteiger partial charge on any atom is 0.267 e. The lowest BCUT2D eigenvalue weighted by molar-refractivity contribution is 0.392. The van der Waals surface area contributed by atoms with Gasteiger partial charge in [0.2, 0.25) is 5.13 Å². The first-order valence-electron chi connectivity index (χ1n) is 6.71. The number of ether oxygens (including phenoxy) is 2. The lowest BCUT2D eigenvalue weighted by Gasteiger charge is -2.11. The first kappa shape index (κ1) is 17.8. The Labute approximate surface area is 143 Å². The normalized spacial score (nSPS) is 11.3. The Morgan fingerprint density at radius 3 is 2.70 bits per heavy atom. The monoisotopic (exact) mass is 375 g/mol. The van der Waals surface area contributed by atoms with Crippen molar-refractivity contribution in [3.05, 3.63) is 18.2 Å². The third kappa shape index (κ3) is 4.49. The minimum absolute atomic E-state index is 0.0164. The van der Waals surface area contributed by atoms with Crippen LogP contribution in [0.2, 0.25) is 0 Å². The highest BCUT2D eigenvalue weighted by Gasteiger charge is 2.22. The van der Waals surface area contributed by atoms with Gasteiger partial charge in [-0.25, -0.2) is 8.42 Å². The molecule has 1 aromatic heterocycles. The van der Waals surface area contributed by atoms with Crippen LogP contribution >= 0.6 is 23.1 Å². The van der Waals surface area contributed by atoms with Crippen molar-refractivity contribution in [3.63, 3.8) is 0 Å². The second kappa shape index (κ2) is 7.84. The number of rotatable bonds is 8. The molecule has 23 heavy (non-hydrogen) atoms. The van der Waals surface area contributed by atoms with Gasteiger partial charge in [0.15, 0.2) is 4.34 Å². The molecule has 2 rings (SSSR count). The Kier molecular flexibility index (Phi) is 6.08. The zero-order valence-corrected chi connectivity index (χ0v) is 15.3. The summed E-state index contributed by atoms with van der Waals surface area (Å²) in [6, 6.07) is 4.56. The third-order valence-corrected chi connectivity index (χ3v) is 6.39. The van der Waals surface area contributed by atoms with Gasteiger partial charge in [0.25, 0.3) is 10.0 Å². The first-order chi connectivity index (χ1) is 11.0. The number of aromatic nitrogens is 2. The Hall–Kier alpha value is -1.52. The molecule has 0 saturated carbocycles. The van der Waals surface area contributed by atoms with Crippen LogP contribution in [0.25, 0.3) is 0 Å². The summed E-state index contributed by atoms with van der Waals surface area (Å²) in [5.74, 6) is 1.55. The summed E-state index contributed by atoms with van der Waals surface area (Å²) in [7, 11) is -0.978. The molecule has 10 heteroatoms. The van der Waals surface area contributed by atoms with Gasteiger partial charge < -0.3 is 9.47 Å². The lowest BCUT2D eigenvalue weighted by atomic mass is 10.3. The molecule has 0 bridgehead atoms. The highest BCUT2D eigenvalue weighted by atomic mass is 32.2. The van der Waals surface area contributed by atoms with E-state index in [2.05, 4.69) is 21.8 Å². The molecular weight excluding hydrogens is 358 g/mol. The molecule has 0 aliphatic carbocycles. The number of anilines is 1. The van der Waals surface area contributed by atoms with E-state index >= 15 is 0 Å². The van der Waals surface area contributed by atoms with Crippen molar-refractivity contribution >= 4 is 38.3 Å². The summed E-state index contributed by atoms with van der Waals surface area (Å²) in [5, 5.41) is 8.04. The fourth-order valence-corrected chi connectivity index (χ4v) is 4.76. The number of benzene rings is 1. The molecule has 0 aliphatic rings. The van der Waals surface area contributed by atoms with Gasteiger partial charge in [0.1, 0.15) is 16.4 Å². The summed E-state index contributed by atoms with van der Waals surface area (Å²) in [5.41, 5.74) is 0. The average Bonchev–Trinajstić information content (AvgIpc) is 2.98. The summed E-state index contributed by atoms with van der Waals surface area (Å²) in [4.78, 5) is -0.0164. The Balaban J connectivity index is 2.26. The van der Waals surface area contributed by atoms with Gasteiger partial charge in [-0.3, -0.25) is 4.72 Å². The molecule has 0 aliphatic heterocycles. The first-order valence-corrected chi connectivity index (χ1v) is 9.99. The van der Waals surface area contributed by atoms with Crippen LogP contribution in [-0.2, 0) is 10.0 Å². The SMILES string of the molecule is CCCSc1nnc(NS(=O)(=O)c2cc(OC)ccc2OC)s1. The molecule has 0 atom stereocenters. The van der Waals surface area contributed by atoms with E-state index in [0.29, 0.717) is 5.75 Å². The second-order valence-electron chi connectivity index (χ2n) is 4.34. The van der Waals surface area contributed by atoms with Crippen LogP contribution in [-0.4, -0.2) is 38.6 Å². The van der Waals surface area contributed by atoms with E-state index in [9.17, 15) is 8.42 Å². The van der Waals surface area contributed by atoms with E-state index in [1.807, 2.05) is 0 Å². The van der Waals surface area contributed by atoms with E-state index in [-0.39, 0.29) is 15.8 Å². The molecular formula is C13H17N3O4S3. The minimum atomic E-state index is -3.85. The number of nitrogens with zero attached hydrogens (tertiary/aromatic N) is 2. The highest BCUT2D eigenvalue weighted by Crippen LogP contribution is 2.31. The molecule has 0 spiro atoms. The van der Waals surface area contributed by atoms with Crippen LogP contribution in [0.5, 0.6) is 11.5 Å². The van der Waals surface area contributed by atoms with Gasteiger partial charge in [0.05, 0.1) is 14.2 Å². The standard InChI is InChI=1S/C13H17N3O4S3/c1-4-7-21-13-15-14-12(22-13)16-23(17,18)11-8-9(19-2)5-6-10(11)20-3/h5-6,8H,4,7H2,1-3H3,(H,14,16). The van der Waals surface area contributed by atoms with E-state index in [1.165, 1.54) is 37.7 Å². The average molecular weight is 375 g/mol. The van der Waals surface area contributed by atoms with Crippen molar-refractivity contribution in [1.82, 2.24) is 10.2 Å². The molecule has 1 N–H and O–H groups in total. The fraction of sp³-hybridized carbons (Fsp3) is 0.385. The van der Waals surface area contributed by atoms with Crippen molar-refractivity contribution < 1.29 is 17.9 Å². The lowest BCUT2D eigenvalue weighted by Crippen LogP contribution is -2.14. The Morgan fingerprint density at radius 2 is 2.04 bits per heavy atom. The zero-order valence-electron chi connectivity index (χ0n) is 12.9. The highest BCUT2D eigenvalue weighted by molar-refractivity contribution is 8.01. The predicted molar refractivity (Wildman–Crippen MR) is 91.3 cm³/mol. The van der Waals surface area contributed by atoms with Crippen molar-refractivity contribution in [2.24, 2.45) is 0 Å². The second-order valence-corrected chi connectivity index (χ2v) is 8.31. The number of hydrogen-bond acceptors (Lipinski definition) is 8. The number of sulfonamides is 1. The summed E-state index contributed by atoms with van der Waals surface area (Å²) in [6.45, 7) is 2.06. The summed E-state index contributed by atoms with van der Waals surface area (Å²) >= 11 is 2.74. The van der Waals surface area contributed by atoms with Crippen molar-refractivity contribution in [2.45, 2.75) is 22.6 Å². The van der Waals surface area contributed by atoms with Gasteiger partial charge in [-0.05, 0) is 18.6 Å².